The molecule has 6 nitrogen and oxygen atoms in total. The second kappa shape index (κ2) is 6.80. The van der Waals surface area contributed by atoms with Crippen molar-refractivity contribution in [2.45, 2.75) is 30.6 Å². The zero-order valence-electron chi connectivity index (χ0n) is 13.2. The van der Waals surface area contributed by atoms with Crippen LogP contribution < -0.4 is 0 Å². The second-order valence-corrected chi connectivity index (χ2v) is 8.06. The number of nitrogens with zero attached hydrogens (tertiary/aromatic N) is 3. The fourth-order valence-electron chi connectivity index (χ4n) is 2.93. The van der Waals surface area contributed by atoms with E-state index in [0.29, 0.717) is 23.2 Å². The lowest BCUT2D eigenvalue weighted by Gasteiger charge is -2.30. The molecule has 0 amide bonds. The molecular weight excluding hydrogens is 314 g/mol. The summed E-state index contributed by atoms with van der Waals surface area (Å²) in [6.45, 7) is 4.01. The van der Waals surface area contributed by atoms with Gasteiger partial charge in [0.05, 0.1) is 16.6 Å². The smallest absolute Gasteiger partial charge is 0.231 e. The predicted molar refractivity (Wildman–Crippen MR) is 85.9 cm³/mol. The Morgan fingerprint density at radius 3 is 2.78 bits per heavy atom. The van der Waals surface area contributed by atoms with Crippen LogP contribution in [0.15, 0.2) is 39.8 Å². The molecule has 7 heteroatoms. The van der Waals surface area contributed by atoms with E-state index in [0.717, 1.165) is 25.9 Å². The van der Waals surface area contributed by atoms with Gasteiger partial charge in [-0.15, -0.1) is 0 Å². The van der Waals surface area contributed by atoms with Crippen LogP contribution in [-0.2, 0) is 9.84 Å². The molecule has 2 heterocycles. The summed E-state index contributed by atoms with van der Waals surface area (Å²) in [6, 6.07) is 8.62. The van der Waals surface area contributed by atoms with E-state index in [1.165, 1.54) is 0 Å². The van der Waals surface area contributed by atoms with Crippen molar-refractivity contribution in [1.82, 2.24) is 15.0 Å². The largest absolute Gasteiger partial charge is 0.339 e. The molecule has 1 atom stereocenters. The van der Waals surface area contributed by atoms with Crippen LogP contribution in [0.1, 0.15) is 30.5 Å². The number of benzene rings is 1. The molecule has 1 aliphatic heterocycles. The minimum Gasteiger partial charge on any atom is -0.339 e. The quantitative estimate of drug-likeness (QED) is 0.832. The molecule has 3 rings (SSSR count). The summed E-state index contributed by atoms with van der Waals surface area (Å²) in [5, 5.41) is 3.84. The van der Waals surface area contributed by atoms with Gasteiger partial charge in [0.25, 0.3) is 0 Å². The SMILES string of the molecule is Cc1noc([C@H]2CCCN(CCS(=O)(=O)c3ccccc3)C2)n1. The Morgan fingerprint density at radius 1 is 1.30 bits per heavy atom. The first-order valence-electron chi connectivity index (χ1n) is 7.85. The summed E-state index contributed by atoms with van der Waals surface area (Å²) in [6.07, 6.45) is 2.01. The van der Waals surface area contributed by atoms with Gasteiger partial charge in [-0.25, -0.2) is 8.42 Å². The Hall–Kier alpha value is -1.73. The number of likely N-dealkylation sites (tertiary alicyclic amines) is 1. The van der Waals surface area contributed by atoms with Crippen molar-refractivity contribution in [3.8, 4) is 0 Å². The van der Waals surface area contributed by atoms with Gasteiger partial charge in [0.15, 0.2) is 15.7 Å². The molecule has 1 saturated heterocycles. The van der Waals surface area contributed by atoms with Gasteiger partial charge >= 0.3 is 0 Å². The molecule has 0 spiro atoms. The minimum atomic E-state index is -3.23. The molecule has 1 fully saturated rings. The highest BCUT2D eigenvalue weighted by Crippen LogP contribution is 2.25. The van der Waals surface area contributed by atoms with Crippen molar-refractivity contribution in [1.29, 1.82) is 0 Å². The molecule has 2 aromatic rings. The van der Waals surface area contributed by atoms with Gasteiger partial charge in [0, 0.05) is 13.1 Å². The summed E-state index contributed by atoms with van der Waals surface area (Å²) >= 11 is 0. The zero-order valence-corrected chi connectivity index (χ0v) is 14.0. The number of piperidine rings is 1. The van der Waals surface area contributed by atoms with Crippen LogP contribution in [0.2, 0.25) is 0 Å². The average molecular weight is 335 g/mol. The maximum atomic E-state index is 12.4. The molecule has 0 saturated carbocycles. The number of hydrogen-bond donors (Lipinski definition) is 0. The number of hydrogen-bond acceptors (Lipinski definition) is 6. The van der Waals surface area contributed by atoms with E-state index < -0.39 is 9.84 Å². The lowest BCUT2D eigenvalue weighted by atomic mass is 9.98. The summed E-state index contributed by atoms with van der Waals surface area (Å²) < 4.78 is 30.0. The van der Waals surface area contributed by atoms with Gasteiger partial charge in [-0.3, -0.25) is 0 Å². The Kier molecular flexibility index (Phi) is 4.77. The highest BCUT2D eigenvalue weighted by atomic mass is 32.2. The van der Waals surface area contributed by atoms with Crippen LogP contribution in [0, 0.1) is 6.92 Å². The fraction of sp³-hybridized carbons (Fsp3) is 0.500. The lowest BCUT2D eigenvalue weighted by Crippen LogP contribution is -2.37. The molecule has 0 aliphatic carbocycles. The Morgan fingerprint density at radius 2 is 2.09 bits per heavy atom. The third-order valence-corrected chi connectivity index (χ3v) is 5.89. The van der Waals surface area contributed by atoms with Gasteiger partial charge in [-0.1, -0.05) is 23.4 Å². The molecule has 0 bridgehead atoms. The molecule has 0 N–H and O–H groups in total. The van der Waals surface area contributed by atoms with Crippen LogP contribution in [0.3, 0.4) is 0 Å². The van der Waals surface area contributed by atoms with Crippen LogP contribution in [0.5, 0.6) is 0 Å². The van der Waals surface area contributed by atoms with Crippen molar-refractivity contribution in [2.75, 3.05) is 25.4 Å². The molecule has 1 aliphatic rings. The second-order valence-electron chi connectivity index (χ2n) is 5.95. The first kappa shape index (κ1) is 16.1. The monoisotopic (exact) mass is 335 g/mol. The molecule has 0 unspecified atom stereocenters. The van der Waals surface area contributed by atoms with Crippen molar-refractivity contribution in [3.05, 3.63) is 42.0 Å². The van der Waals surface area contributed by atoms with E-state index in [9.17, 15) is 8.42 Å². The first-order chi connectivity index (χ1) is 11.0. The Labute approximate surface area is 136 Å². The van der Waals surface area contributed by atoms with E-state index in [2.05, 4.69) is 15.0 Å². The van der Waals surface area contributed by atoms with Crippen LogP contribution in [0.4, 0.5) is 0 Å². The van der Waals surface area contributed by atoms with Gasteiger partial charge in [0.2, 0.25) is 5.89 Å². The van der Waals surface area contributed by atoms with E-state index in [4.69, 9.17) is 4.52 Å². The third kappa shape index (κ3) is 3.97. The molecule has 124 valence electrons. The van der Waals surface area contributed by atoms with Gasteiger partial charge in [-0.2, -0.15) is 4.98 Å². The fourth-order valence-corrected chi connectivity index (χ4v) is 4.24. The lowest BCUT2D eigenvalue weighted by molar-refractivity contribution is 0.195. The summed E-state index contributed by atoms with van der Waals surface area (Å²) in [7, 11) is -3.23. The molecule has 0 radical (unpaired) electrons. The van der Waals surface area contributed by atoms with Gasteiger partial charge in [-0.05, 0) is 38.4 Å². The third-order valence-electron chi connectivity index (χ3n) is 4.18. The standard InChI is InChI=1S/C16H21N3O3S/c1-13-17-16(22-18-13)14-6-5-9-19(12-14)10-11-23(20,21)15-7-3-2-4-8-15/h2-4,7-8,14H,5-6,9-12H2,1H3/t14-/m0/s1. The average Bonchev–Trinajstić information content (AvgIpc) is 3.01. The summed E-state index contributed by atoms with van der Waals surface area (Å²) in [5.74, 6) is 1.64. The number of aromatic nitrogens is 2. The number of aryl methyl sites for hydroxylation is 1. The van der Waals surface area contributed by atoms with Crippen molar-refractivity contribution >= 4 is 9.84 Å². The van der Waals surface area contributed by atoms with Crippen LogP contribution >= 0.6 is 0 Å². The number of rotatable bonds is 5. The van der Waals surface area contributed by atoms with Crippen molar-refractivity contribution in [2.24, 2.45) is 0 Å². The number of sulfone groups is 1. The zero-order chi connectivity index (χ0) is 16.3. The van der Waals surface area contributed by atoms with Crippen LogP contribution in [0.25, 0.3) is 0 Å². The highest BCUT2D eigenvalue weighted by molar-refractivity contribution is 7.91. The molecule has 1 aromatic heterocycles. The summed E-state index contributed by atoms with van der Waals surface area (Å²) in [4.78, 5) is 6.87. The predicted octanol–water partition coefficient (Wildman–Crippen LogP) is 2.03. The van der Waals surface area contributed by atoms with E-state index in [-0.39, 0.29) is 11.7 Å². The first-order valence-corrected chi connectivity index (χ1v) is 9.50. The van der Waals surface area contributed by atoms with Crippen molar-refractivity contribution < 1.29 is 12.9 Å². The topological polar surface area (TPSA) is 76.3 Å². The minimum absolute atomic E-state index is 0.132. The molecule has 23 heavy (non-hydrogen) atoms. The Balaban J connectivity index is 1.60. The maximum Gasteiger partial charge on any atom is 0.231 e. The van der Waals surface area contributed by atoms with Gasteiger partial charge < -0.3 is 9.42 Å². The highest BCUT2D eigenvalue weighted by Gasteiger charge is 2.26. The summed E-state index contributed by atoms with van der Waals surface area (Å²) in [5.41, 5.74) is 0. The van der Waals surface area contributed by atoms with Crippen molar-refractivity contribution in [3.63, 3.8) is 0 Å². The maximum absolute atomic E-state index is 12.4. The molecule has 1 aromatic carbocycles. The van der Waals surface area contributed by atoms with Crippen LogP contribution in [-0.4, -0.2) is 48.8 Å². The van der Waals surface area contributed by atoms with E-state index in [1.54, 1.807) is 31.2 Å². The Bertz CT molecular complexity index is 743. The molecular formula is C16H21N3O3S. The van der Waals surface area contributed by atoms with E-state index >= 15 is 0 Å². The van der Waals surface area contributed by atoms with E-state index in [1.807, 2.05) is 6.07 Å². The normalized spacial score (nSPS) is 19.8. The van der Waals surface area contributed by atoms with Gasteiger partial charge in [0.1, 0.15) is 0 Å².